The van der Waals surface area contributed by atoms with Crippen molar-refractivity contribution in [1.29, 1.82) is 0 Å². The standard InChI is InChI=1S/C34H43N5O6/c1-34(2,3)45-33(42)37-28-11-6-5-10-27(28)35-31(40)26-16-14-25(15-17-26)24-39(19-9-18-38-20-22-44-23-21-38)32(41)36-29-12-7-8-13-30(29)43-4/h5-8,10-17H,9,18-24H2,1-4H3,(H,35,40)(H,36,41)(H,37,42). The van der Waals surface area contributed by atoms with Gasteiger partial charge in [-0.05, 0) is 69.2 Å². The number of hydrogen-bond acceptors (Lipinski definition) is 7. The van der Waals surface area contributed by atoms with E-state index in [1.807, 2.05) is 24.3 Å². The molecule has 3 N–H and O–H groups in total. The minimum absolute atomic E-state index is 0.239. The Morgan fingerprint density at radius 1 is 0.844 bits per heavy atom. The van der Waals surface area contributed by atoms with E-state index in [4.69, 9.17) is 14.2 Å². The normalized spacial score (nSPS) is 13.4. The molecular formula is C34H43N5O6. The molecule has 1 aliphatic rings. The third-order valence-electron chi connectivity index (χ3n) is 7.04. The second-order valence-electron chi connectivity index (χ2n) is 11.7. The number of hydrogen-bond donors (Lipinski definition) is 3. The predicted octanol–water partition coefficient (Wildman–Crippen LogP) is 6.05. The average Bonchev–Trinajstić information content (AvgIpc) is 3.01. The summed E-state index contributed by atoms with van der Waals surface area (Å²) in [6.45, 7) is 10.3. The first-order valence-corrected chi connectivity index (χ1v) is 15.1. The van der Waals surface area contributed by atoms with Crippen LogP contribution < -0.4 is 20.7 Å². The number of morpholine rings is 1. The fourth-order valence-electron chi connectivity index (χ4n) is 4.80. The Kier molecular flexibility index (Phi) is 11.8. The maximum Gasteiger partial charge on any atom is 0.412 e. The quantitative estimate of drug-likeness (QED) is 0.240. The van der Waals surface area contributed by atoms with Gasteiger partial charge in [-0.25, -0.2) is 9.59 Å². The second kappa shape index (κ2) is 15.9. The van der Waals surface area contributed by atoms with Crippen LogP contribution in [0.2, 0.25) is 0 Å². The fraction of sp³-hybridized carbons (Fsp3) is 0.382. The second-order valence-corrected chi connectivity index (χ2v) is 11.7. The van der Waals surface area contributed by atoms with E-state index < -0.39 is 11.7 Å². The molecular weight excluding hydrogens is 574 g/mol. The first-order valence-electron chi connectivity index (χ1n) is 15.1. The van der Waals surface area contributed by atoms with Gasteiger partial charge in [0.05, 0.1) is 37.4 Å². The molecule has 1 saturated heterocycles. The minimum Gasteiger partial charge on any atom is -0.495 e. The number of nitrogens with zero attached hydrogens (tertiary/aromatic N) is 2. The molecule has 1 heterocycles. The highest BCUT2D eigenvalue weighted by Gasteiger charge is 2.20. The number of carbonyl (C=O) groups excluding carboxylic acids is 3. The van der Waals surface area contributed by atoms with E-state index in [2.05, 4.69) is 20.9 Å². The molecule has 3 aromatic rings. The monoisotopic (exact) mass is 617 g/mol. The highest BCUT2D eigenvalue weighted by atomic mass is 16.6. The van der Waals surface area contributed by atoms with E-state index in [1.54, 1.807) is 81.3 Å². The average molecular weight is 618 g/mol. The SMILES string of the molecule is COc1ccccc1NC(=O)N(CCCN1CCOCC1)Cc1ccc(C(=O)Nc2ccccc2NC(=O)OC(C)(C)C)cc1. The molecule has 0 atom stereocenters. The number of para-hydroxylation sites is 4. The van der Waals surface area contributed by atoms with Crippen LogP contribution in [0, 0.1) is 0 Å². The Morgan fingerprint density at radius 2 is 1.47 bits per heavy atom. The summed E-state index contributed by atoms with van der Waals surface area (Å²) in [4.78, 5) is 43.0. The van der Waals surface area contributed by atoms with Gasteiger partial charge >= 0.3 is 12.1 Å². The molecule has 4 rings (SSSR count). The molecule has 0 aromatic heterocycles. The van der Waals surface area contributed by atoms with E-state index >= 15 is 0 Å². The summed E-state index contributed by atoms with van der Waals surface area (Å²) >= 11 is 0. The number of urea groups is 1. The van der Waals surface area contributed by atoms with Crippen molar-refractivity contribution in [3.63, 3.8) is 0 Å². The summed E-state index contributed by atoms with van der Waals surface area (Å²) in [6, 6.07) is 21.1. The molecule has 45 heavy (non-hydrogen) atoms. The summed E-state index contributed by atoms with van der Waals surface area (Å²) in [5, 5.41) is 8.54. The van der Waals surface area contributed by atoms with Gasteiger partial charge in [0.15, 0.2) is 0 Å². The summed E-state index contributed by atoms with van der Waals surface area (Å²) in [6.07, 6.45) is 0.189. The molecule has 0 saturated carbocycles. The van der Waals surface area contributed by atoms with E-state index in [1.165, 1.54) is 0 Å². The van der Waals surface area contributed by atoms with Crippen LogP contribution in [0.15, 0.2) is 72.8 Å². The Hall–Kier alpha value is -4.61. The number of carbonyl (C=O) groups is 3. The molecule has 240 valence electrons. The molecule has 1 fully saturated rings. The molecule has 0 aliphatic carbocycles. The molecule has 0 spiro atoms. The lowest BCUT2D eigenvalue weighted by Crippen LogP contribution is -2.40. The van der Waals surface area contributed by atoms with Crippen molar-refractivity contribution in [2.24, 2.45) is 0 Å². The third kappa shape index (κ3) is 10.5. The topological polar surface area (TPSA) is 121 Å². The lowest BCUT2D eigenvalue weighted by molar-refractivity contribution is 0.0365. The lowest BCUT2D eigenvalue weighted by atomic mass is 10.1. The van der Waals surface area contributed by atoms with Gasteiger partial charge in [0.1, 0.15) is 11.4 Å². The zero-order chi connectivity index (χ0) is 32.2. The van der Waals surface area contributed by atoms with Crippen molar-refractivity contribution < 1.29 is 28.6 Å². The first-order chi connectivity index (χ1) is 21.6. The highest BCUT2D eigenvalue weighted by Crippen LogP contribution is 2.25. The van der Waals surface area contributed by atoms with Gasteiger partial charge in [0, 0.05) is 38.3 Å². The van der Waals surface area contributed by atoms with Crippen LogP contribution in [0.5, 0.6) is 5.75 Å². The van der Waals surface area contributed by atoms with Gasteiger partial charge in [-0.15, -0.1) is 0 Å². The molecule has 11 nitrogen and oxygen atoms in total. The maximum atomic E-state index is 13.5. The molecule has 1 aliphatic heterocycles. The molecule has 0 unspecified atom stereocenters. The zero-order valence-corrected chi connectivity index (χ0v) is 26.4. The summed E-state index contributed by atoms with van der Waals surface area (Å²) in [5.74, 6) is 0.244. The fourth-order valence-corrected chi connectivity index (χ4v) is 4.80. The van der Waals surface area contributed by atoms with Crippen molar-refractivity contribution in [3.8, 4) is 5.75 Å². The summed E-state index contributed by atoms with van der Waals surface area (Å²) in [5.41, 5.74) is 2.11. The van der Waals surface area contributed by atoms with Crippen LogP contribution in [-0.4, -0.2) is 79.9 Å². The molecule has 3 aromatic carbocycles. The van der Waals surface area contributed by atoms with Crippen LogP contribution in [0.25, 0.3) is 0 Å². The van der Waals surface area contributed by atoms with E-state index in [0.717, 1.165) is 44.8 Å². The van der Waals surface area contributed by atoms with E-state index in [-0.39, 0.29) is 11.9 Å². The lowest BCUT2D eigenvalue weighted by Gasteiger charge is -2.28. The number of anilines is 3. The number of ether oxygens (including phenoxy) is 3. The van der Waals surface area contributed by atoms with Crippen LogP contribution in [0.4, 0.5) is 26.7 Å². The number of nitrogens with one attached hydrogen (secondary N) is 3. The Bertz CT molecular complexity index is 1430. The largest absolute Gasteiger partial charge is 0.495 e. The Balaban J connectivity index is 1.41. The van der Waals surface area contributed by atoms with Crippen LogP contribution in [0.1, 0.15) is 43.1 Å². The Labute approximate surface area is 264 Å². The number of amides is 4. The van der Waals surface area contributed by atoms with Crippen LogP contribution >= 0.6 is 0 Å². The highest BCUT2D eigenvalue weighted by molar-refractivity contribution is 6.06. The predicted molar refractivity (Wildman–Crippen MR) is 175 cm³/mol. The van der Waals surface area contributed by atoms with Gasteiger partial charge in [-0.2, -0.15) is 0 Å². The molecule has 11 heteroatoms. The van der Waals surface area contributed by atoms with E-state index in [9.17, 15) is 14.4 Å². The molecule has 0 radical (unpaired) electrons. The maximum absolute atomic E-state index is 13.5. The van der Waals surface area contributed by atoms with E-state index in [0.29, 0.717) is 41.5 Å². The Morgan fingerprint density at radius 3 is 2.11 bits per heavy atom. The van der Waals surface area contributed by atoms with Crippen LogP contribution in [0.3, 0.4) is 0 Å². The van der Waals surface area contributed by atoms with Gasteiger partial charge in [-0.3, -0.25) is 15.0 Å². The smallest absolute Gasteiger partial charge is 0.412 e. The third-order valence-corrected chi connectivity index (χ3v) is 7.04. The number of rotatable bonds is 11. The molecule has 0 bridgehead atoms. The number of methoxy groups -OCH3 is 1. The summed E-state index contributed by atoms with van der Waals surface area (Å²) < 4.78 is 16.2. The van der Waals surface area contributed by atoms with Crippen molar-refractivity contribution in [3.05, 3.63) is 83.9 Å². The zero-order valence-electron chi connectivity index (χ0n) is 26.4. The van der Waals surface area contributed by atoms with Crippen molar-refractivity contribution >= 4 is 35.1 Å². The van der Waals surface area contributed by atoms with Crippen molar-refractivity contribution in [1.82, 2.24) is 9.80 Å². The van der Waals surface area contributed by atoms with Gasteiger partial charge in [0.2, 0.25) is 0 Å². The van der Waals surface area contributed by atoms with Crippen molar-refractivity contribution in [2.45, 2.75) is 39.3 Å². The van der Waals surface area contributed by atoms with Gasteiger partial charge in [-0.1, -0.05) is 36.4 Å². The van der Waals surface area contributed by atoms with Gasteiger partial charge < -0.3 is 29.7 Å². The molecule has 4 amide bonds. The van der Waals surface area contributed by atoms with Crippen molar-refractivity contribution in [2.75, 3.05) is 62.5 Å². The summed E-state index contributed by atoms with van der Waals surface area (Å²) in [7, 11) is 1.57. The minimum atomic E-state index is -0.655. The van der Waals surface area contributed by atoms with Crippen LogP contribution in [-0.2, 0) is 16.0 Å². The number of benzene rings is 3. The van der Waals surface area contributed by atoms with Gasteiger partial charge in [0.25, 0.3) is 5.91 Å². The first kappa shape index (κ1) is 33.3.